The lowest BCUT2D eigenvalue weighted by atomic mass is 10.3. The van der Waals surface area contributed by atoms with Crippen LogP contribution in [0.15, 0.2) is 29.6 Å². The van der Waals surface area contributed by atoms with Gasteiger partial charge in [-0.1, -0.05) is 0 Å². The highest BCUT2D eigenvalue weighted by Crippen LogP contribution is 2.17. The van der Waals surface area contributed by atoms with Crippen LogP contribution in [0.4, 0.5) is 5.69 Å². The van der Waals surface area contributed by atoms with Gasteiger partial charge in [0.25, 0.3) is 5.69 Å². The highest BCUT2D eigenvalue weighted by atomic mass is 32.1. The summed E-state index contributed by atoms with van der Waals surface area (Å²) in [5.41, 5.74) is 1.04. The van der Waals surface area contributed by atoms with Crippen LogP contribution in [0.3, 0.4) is 0 Å². The number of nitrogens with one attached hydrogen (secondary N) is 1. The Labute approximate surface area is 143 Å². The maximum absolute atomic E-state index is 11.7. The number of hydrogen-bond acceptors (Lipinski definition) is 6. The van der Waals surface area contributed by atoms with E-state index in [0.717, 1.165) is 23.5 Å². The van der Waals surface area contributed by atoms with E-state index in [4.69, 9.17) is 4.74 Å². The molecule has 1 N–H and O–H groups in total. The number of nitro benzene ring substituents is 1. The van der Waals surface area contributed by atoms with Crippen molar-refractivity contribution in [2.24, 2.45) is 0 Å². The lowest BCUT2D eigenvalue weighted by Gasteiger charge is -2.07. The predicted molar refractivity (Wildman–Crippen MR) is 91.4 cm³/mol. The first kappa shape index (κ1) is 17.9. The van der Waals surface area contributed by atoms with Crippen LogP contribution >= 0.6 is 11.3 Å². The smallest absolute Gasteiger partial charge is 0.269 e. The SMILES string of the molecule is Cc1csc(CCCNC(=O)CCOc2ccc([N+](=O)[O-])cc2)n1. The van der Waals surface area contributed by atoms with Crippen LogP contribution in [0, 0.1) is 17.0 Å². The summed E-state index contributed by atoms with van der Waals surface area (Å²) in [5, 5.41) is 16.5. The Kier molecular flexibility index (Phi) is 6.68. The van der Waals surface area contributed by atoms with Gasteiger partial charge in [0.2, 0.25) is 5.91 Å². The summed E-state index contributed by atoms with van der Waals surface area (Å²) >= 11 is 1.64. The van der Waals surface area contributed by atoms with Crippen molar-refractivity contribution in [3.05, 3.63) is 50.5 Å². The standard InChI is InChI=1S/C16H19N3O4S/c1-12-11-24-16(18-12)3-2-9-17-15(20)8-10-23-14-6-4-13(5-7-14)19(21)22/h4-7,11H,2-3,8-10H2,1H3,(H,17,20). The zero-order valence-corrected chi connectivity index (χ0v) is 14.2. The molecule has 1 aromatic heterocycles. The van der Waals surface area contributed by atoms with E-state index in [1.807, 2.05) is 12.3 Å². The van der Waals surface area contributed by atoms with E-state index in [2.05, 4.69) is 10.3 Å². The minimum Gasteiger partial charge on any atom is -0.493 e. The summed E-state index contributed by atoms with van der Waals surface area (Å²) < 4.78 is 5.40. The molecule has 0 aliphatic rings. The lowest BCUT2D eigenvalue weighted by Crippen LogP contribution is -2.26. The number of benzene rings is 1. The van der Waals surface area contributed by atoms with Gasteiger partial charge < -0.3 is 10.1 Å². The molecule has 1 aromatic carbocycles. The molecule has 0 atom stereocenters. The van der Waals surface area contributed by atoms with Crippen LogP contribution in [0.5, 0.6) is 5.75 Å². The lowest BCUT2D eigenvalue weighted by molar-refractivity contribution is -0.384. The van der Waals surface area contributed by atoms with Crippen LogP contribution in [0.1, 0.15) is 23.5 Å². The van der Waals surface area contributed by atoms with E-state index in [0.29, 0.717) is 12.3 Å². The molecule has 2 rings (SSSR count). The number of thiazole rings is 1. The number of ether oxygens (including phenoxy) is 1. The largest absolute Gasteiger partial charge is 0.493 e. The van der Waals surface area contributed by atoms with Gasteiger partial charge in [0.15, 0.2) is 0 Å². The van der Waals surface area contributed by atoms with Crippen LogP contribution < -0.4 is 10.1 Å². The average Bonchev–Trinajstić information content (AvgIpc) is 2.97. The van der Waals surface area contributed by atoms with E-state index in [1.54, 1.807) is 11.3 Å². The molecule has 0 aliphatic carbocycles. The van der Waals surface area contributed by atoms with Crippen molar-refractivity contribution in [2.45, 2.75) is 26.2 Å². The Morgan fingerprint density at radius 2 is 2.12 bits per heavy atom. The van der Waals surface area contributed by atoms with E-state index in [9.17, 15) is 14.9 Å². The fraction of sp³-hybridized carbons (Fsp3) is 0.375. The van der Waals surface area contributed by atoms with Gasteiger partial charge in [0, 0.05) is 36.2 Å². The first-order valence-corrected chi connectivity index (χ1v) is 8.47. The van der Waals surface area contributed by atoms with Crippen LogP contribution in [0.2, 0.25) is 0 Å². The summed E-state index contributed by atoms with van der Waals surface area (Å²) in [6.45, 7) is 2.80. The number of carbonyl (C=O) groups is 1. The van der Waals surface area contributed by atoms with Crippen molar-refractivity contribution in [3.63, 3.8) is 0 Å². The third-order valence-electron chi connectivity index (χ3n) is 3.20. The number of amides is 1. The number of aryl methyl sites for hydroxylation is 2. The third-order valence-corrected chi connectivity index (χ3v) is 4.23. The molecule has 0 saturated carbocycles. The molecule has 7 nitrogen and oxygen atoms in total. The molecule has 0 aliphatic heterocycles. The number of non-ortho nitro benzene ring substituents is 1. The second-order valence-corrected chi connectivity index (χ2v) is 6.13. The molecular formula is C16H19N3O4S. The van der Waals surface area contributed by atoms with E-state index in [1.165, 1.54) is 24.3 Å². The highest BCUT2D eigenvalue weighted by molar-refractivity contribution is 7.09. The van der Waals surface area contributed by atoms with E-state index in [-0.39, 0.29) is 24.6 Å². The summed E-state index contributed by atoms with van der Waals surface area (Å²) in [6, 6.07) is 5.78. The Morgan fingerprint density at radius 3 is 2.75 bits per heavy atom. The van der Waals surface area contributed by atoms with Crippen molar-refractivity contribution < 1.29 is 14.5 Å². The topological polar surface area (TPSA) is 94.4 Å². The Morgan fingerprint density at radius 1 is 1.38 bits per heavy atom. The predicted octanol–water partition coefficient (Wildman–Crippen LogP) is 2.88. The molecule has 24 heavy (non-hydrogen) atoms. The van der Waals surface area contributed by atoms with Crippen molar-refractivity contribution in [2.75, 3.05) is 13.2 Å². The molecule has 8 heteroatoms. The van der Waals surface area contributed by atoms with Gasteiger partial charge in [-0.05, 0) is 25.5 Å². The Hall–Kier alpha value is -2.48. The molecule has 0 radical (unpaired) electrons. The maximum Gasteiger partial charge on any atom is 0.269 e. The number of carbonyl (C=O) groups excluding carboxylic acids is 1. The van der Waals surface area contributed by atoms with Crippen molar-refractivity contribution >= 4 is 22.9 Å². The molecule has 0 saturated heterocycles. The van der Waals surface area contributed by atoms with E-state index >= 15 is 0 Å². The molecule has 128 valence electrons. The number of hydrogen-bond donors (Lipinski definition) is 1. The third kappa shape index (κ3) is 5.96. The normalized spacial score (nSPS) is 10.4. The van der Waals surface area contributed by atoms with E-state index < -0.39 is 4.92 Å². The second-order valence-electron chi connectivity index (χ2n) is 5.19. The molecule has 0 bridgehead atoms. The van der Waals surface area contributed by atoms with Crippen LogP contribution in [-0.4, -0.2) is 29.0 Å². The van der Waals surface area contributed by atoms with Crippen molar-refractivity contribution in [1.29, 1.82) is 0 Å². The fourth-order valence-corrected chi connectivity index (χ4v) is 2.82. The maximum atomic E-state index is 11.7. The molecule has 1 heterocycles. The summed E-state index contributed by atoms with van der Waals surface area (Å²) in [7, 11) is 0. The summed E-state index contributed by atoms with van der Waals surface area (Å²) in [5.74, 6) is 0.430. The molecule has 0 unspecified atom stereocenters. The Balaban J connectivity index is 1.58. The number of nitrogens with zero attached hydrogens (tertiary/aromatic N) is 2. The fourth-order valence-electron chi connectivity index (χ4n) is 2.00. The van der Waals surface area contributed by atoms with Gasteiger partial charge in [0.05, 0.1) is 23.0 Å². The van der Waals surface area contributed by atoms with Crippen LogP contribution in [-0.2, 0) is 11.2 Å². The van der Waals surface area contributed by atoms with Crippen molar-refractivity contribution in [3.8, 4) is 5.75 Å². The molecule has 0 spiro atoms. The molecular weight excluding hydrogens is 330 g/mol. The quantitative estimate of drug-likeness (QED) is 0.427. The monoisotopic (exact) mass is 349 g/mol. The number of nitro groups is 1. The van der Waals surface area contributed by atoms with Gasteiger partial charge in [-0.25, -0.2) is 4.98 Å². The zero-order valence-electron chi connectivity index (χ0n) is 13.4. The summed E-state index contributed by atoms with van der Waals surface area (Å²) in [6.07, 6.45) is 1.95. The van der Waals surface area contributed by atoms with Gasteiger partial charge in [-0.15, -0.1) is 11.3 Å². The first-order chi connectivity index (χ1) is 11.5. The second kappa shape index (κ2) is 8.97. The van der Waals surface area contributed by atoms with Gasteiger partial charge in [0.1, 0.15) is 5.75 Å². The van der Waals surface area contributed by atoms with Crippen LogP contribution in [0.25, 0.3) is 0 Å². The summed E-state index contributed by atoms with van der Waals surface area (Å²) in [4.78, 5) is 26.1. The molecule has 2 aromatic rings. The Bertz CT molecular complexity index is 685. The molecule has 0 fully saturated rings. The highest BCUT2D eigenvalue weighted by Gasteiger charge is 2.06. The average molecular weight is 349 g/mol. The first-order valence-electron chi connectivity index (χ1n) is 7.59. The van der Waals surface area contributed by atoms with Gasteiger partial charge in [-0.2, -0.15) is 0 Å². The number of aromatic nitrogens is 1. The van der Waals surface area contributed by atoms with Gasteiger partial charge >= 0.3 is 0 Å². The molecule has 1 amide bonds. The minimum atomic E-state index is -0.468. The zero-order chi connectivity index (χ0) is 17.4. The van der Waals surface area contributed by atoms with Gasteiger partial charge in [-0.3, -0.25) is 14.9 Å². The van der Waals surface area contributed by atoms with Crippen molar-refractivity contribution in [1.82, 2.24) is 10.3 Å². The minimum absolute atomic E-state index is 0.00974. The number of rotatable bonds is 9.